The minimum atomic E-state index is -0.345. The van der Waals surface area contributed by atoms with Crippen molar-refractivity contribution in [1.82, 2.24) is 0 Å². The molecule has 100 valence electrons. The van der Waals surface area contributed by atoms with Gasteiger partial charge in [0.25, 0.3) is 0 Å². The van der Waals surface area contributed by atoms with Crippen LogP contribution in [0.4, 0.5) is 0 Å². The Labute approximate surface area is 114 Å². The maximum atomic E-state index is 10.6. The van der Waals surface area contributed by atoms with Crippen LogP contribution in [0.15, 0.2) is 35.3 Å². The first-order valence-corrected chi connectivity index (χ1v) is 7.52. The van der Waals surface area contributed by atoms with E-state index in [0.29, 0.717) is 11.8 Å². The molecule has 2 nitrogen and oxygen atoms in total. The number of hydrogen-bond acceptors (Lipinski definition) is 2. The predicted molar refractivity (Wildman–Crippen MR) is 76.1 cm³/mol. The molecular formula is C17H21NO. The zero-order valence-electron chi connectivity index (χ0n) is 11.3. The lowest BCUT2D eigenvalue weighted by atomic mass is 9.53. The summed E-state index contributed by atoms with van der Waals surface area (Å²) < 4.78 is 0. The van der Waals surface area contributed by atoms with Gasteiger partial charge in [-0.15, -0.1) is 0 Å². The Balaban J connectivity index is 1.56. The summed E-state index contributed by atoms with van der Waals surface area (Å²) in [5.41, 5.74) is 2.37. The fraction of sp³-hybridized carbons (Fsp3) is 0.588. The van der Waals surface area contributed by atoms with Crippen LogP contribution in [0.1, 0.15) is 37.7 Å². The van der Waals surface area contributed by atoms with Gasteiger partial charge in [0.1, 0.15) is 0 Å². The van der Waals surface area contributed by atoms with Crippen molar-refractivity contribution in [2.75, 3.05) is 0 Å². The van der Waals surface area contributed by atoms with E-state index in [1.807, 2.05) is 0 Å². The molecule has 4 fully saturated rings. The Hall–Kier alpha value is -1.15. The number of hydrogen-bond donors (Lipinski definition) is 1. The third-order valence-corrected chi connectivity index (χ3v) is 5.28. The highest BCUT2D eigenvalue weighted by atomic mass is 16.3. The molecule has 4 saturated carbocycles. The minimum absolute atomic E-state index is 0.345. The summed E-state index contributed by atoms with van der Waals surface area (Å²) in [6.07, 6.45) is 5.52. The highest BCUT2D eigenvalue weighted by Gasteiger charge is 2.53. The zero-order valence-corrected chi connectivity index (χ0v) is 11.3. The number of benzene rings is 1. The Morgan fingerprint density at radius 1 is 1.05 bits per heavy atom. The van der Waals surface area contributed by atoms with Crippen LogP contribution in [0.25, 0.3) is 0 Å². The molecule has 0 radical (unpaired) electrons. The van der Waals surface area contributed by atoms with E-state index in [-0.39, 0.29) is 5.60 Å². The van der Waals surface area contributed by atoms with Gasteiger partial charge in [-0.25, -0.2) is 0 Å². The maximum Gasteiger partial charge on any atom is 0.0663 e. The molecular weight excluding hydrogens is 234 g/mol. The van der Waals surface area contributed by atoms with Gasteiger partial charge >= 0.3 is 0 Å². The SMILES string of the molecule is OC12CC3C[C@@H](C1)C(=NCc1ccccc1)[C@@H](C3)C2. The summed E-state index contributed by atoms with van der Waals surface area (Å²) in [6.45, 7) is 0.812. The van der Waals surface area contributed by atoms with Gasteiger partial charge in [0.15, 0.2) is 0 Å². The van der Waals surface area contributed by atoms with Crippen LogP contribution < -0.4 is 0 Å². The molecule has 0 unspecified atom stereocenters. The fourth-order valence-corrected chi connectivity index (χ4v) is 4.75. The van der Waals surface area contributed by atoms with Crippen LogP contribution in [-0.2, 0) is 6.54 Å². The van der Waals surface area contributed by atoms with Gasteiger partial charge in [-0.1, -0.05) is 30.3 Å². The van der Waals surface area contributed by atoms with E-state index in [4.69, 9.17) is 4.99 Å². The molecule has 0 saturated heterocycles. The first-order chi connectivity index (χ1) is 9.22. The lowest BCUT2D eigenvalue weighted by Crippen LogP contribution is -2.55. The van der Waals surface area contributed by atoms with Crippen LogP contribution in [0.3, 0.4) is 0 Å². The van der Waals surface area contributed by atoms with Crippen LogP contribution >= 0.6 is 0 Å². The normalized spacial score (nSPS) is 39.6. The fourth-order valence-electron chi connectivity index (χ4n) is 4.75. The van der Waals surface area contributed by atoms with Crippen LogP contribution in [0.2, 0.25) is 0 Å². The standard InChI is InChI=1S/C17H21NO/c19-17-8-13-6-14(9-17)16(15(7-13)10-17)18-11-12-4-2-1-3-5-12/h1-5,13-15,19H,6-11H2/t13?,14-,15-,17?/m0/s1. The third kappa shape index (κ3) is 2.02. The molecule has 4 aliphatic rings. The molecule has 1 N–H and O–H groups in total. The average Bonchev–Trinajstić information content (AvgIpc) is 2.37. The molecule has 0 heterocycles. The zero-order chi connectivity index (χ0) is 12.9. The van der Waals surface area contributed by atoms with Crippen LogP contribution in [-0.4, -0.2) is 16.4 Å². The van der Waals surface area contributed by atoms with Crippen molar-refractivity contribution in [2.45, 2.75) is 44.2 Å². The van der Waals surface area contributed by atoms with Gasteiger partial charge in [0.2, 0.25) is 0 Å². The second kappa shape index (κ2) is 4.17. The molecule has 0 spiro atoms. The van der Waals surface area contributed by atoms with Crippen molar-refractivity contribution < 1.29 is 5.11 Å². The molecule has 1 aromatic carbocycles. The van der Waals surface area contributed by atoms with Gasteiger partial charge in [-0.3, -0.25) is 4.99 Å². The van der Waals surface area contributed by atoms with Crippen LogP contribution in [0.5, 0.6) is 0 Å². The van der Waals surface area contributed by atoms with E-state index in [1.165, 1.54) is 24.1 Å². The molecule has 1 aromatic rings. The molecule has 0 amide bonds. The summed E-state index contributed by atoms with van der Waals surface area (Å²) in [7, 11) is 0. The highest BCUT2D eigenvalue weighted by molar-refractivity contribution is 5.91. The summed E-state index contributed by atoms with van der Waals surface area (Å²) in [5.74, 6) is 1.90. The van der Waals surface area contributed by atoms with Gasteiger partial charge in [0, 0.05) is 17.5 Å². The molecule has 0 aliphatic heterocycles. The van der Waals surface area contributed by atoms with Crippen LogP contribution in [0, 0.1) is 17.8 Å². The van der Waals surface area contributed by atoms with E-state index >= 15 is 0 Å². The topological polar surface area (TPSA) is 32.6 Å². The molecule has 0 aromatic heterocycles. The summed E-state index contributed by atoms with van der Waals surface area (Å²) >= 11 is 0. The maximum absolute atomic E-state index is 10.6. The first-order valence-electron chi connectivity index (χ1n) is 7.52. The summed E-state index contributed by atoms with van der Waals surface area (Å²) in [4.78, 5) is 4.93. The van der Waals surface area contributed by atoms with Crippen molar-refractivity contribution in [3.63, 3.8) is 0 Å². The second-order valence-corrected chi connectivity index (χ2v) is 6.79. The van der Waals surface area contributed by atoms with Crippen molar-refractivity contribution in [3.05, 3.63) is 35.9 Å². The predicted octanol–water partition coefficient (Wildman–Crippen LogP) is 3.20. The molecule has 2 heteroatoms. The third-order valence-electron chi connectivity index (χ3n) is 5.28. The number of aliphatic imine (C=N–C) groups is 1. The lowest BCUT2D eigenvalue weighted by molar-refractivity contribution is -0.0825. The number of rotatable bonds is 2. The van der Waals surface area contributed by atoms with E-state index in [1.54, 1.807) is 0 Å². The summed E-state index contributed by atoms with van der Waals surface area (Å²) in [5, 5.41) is 10.6. The largest absolute Gasteiger partial charge is 0.390 e. The van der Waals surface area contributed by atoms with E-state index in [2.05, 4.69) is 30.3 Å². The van der Waals surface area contributed by atoms with Gasteiger partial charge in [0.05, 0.1) is 12.1 Å². The summed E-state index contributed by atoms with van der Waals surface area (Å²) in [6, 6.07) is 10.5. The Kier molecular flexibility index (Phi) is 2.56. The molecule has 5 rings (SSSR count). The van der Waals surface area contributed by atoms with Gasteiger partial charge < -0.3 is 5.11 Å². The highest BCUT2D eigenvalue weighted by Crippen LogP contribution is 2.54. The van der Waals surface area contributed by atoms with Gasteiger partial charge in [-0.05, 0) is 43.6 Å². The smallest absolute Gasteiger partial charge is 0.0663 e. The van der Waals surface area contributed by atoms with Gasteiger partial charge in [-0.2, -0.15) is 0 Å². The minimum Gasteiger partial charge on any atom is -0.390 e. The van der Waals surface area contributed by atoms with E-state index < -0.39 is 0 Å². The van der Waals surface area contributed by atoms with E-state index in [0.717, 1.165) is 31.7 Å². The van der Waals surface area contributed by atoms with Crippen molar-refractivity contribution in [2.24, 2.45) is 22.7 Å². The molecule has 4 bridgehead atoms. The molecule has 4 aliphatic carbocycles. The second-order valence-electron chi connectivity index (χ2n) is 6.79. The monoisotopic (exact) mass is 255 g/mol. The van der Waals surface area contributed by atoms with E-state index in [9.17, 15) is 5.11 Å². The Morgan fingerprint density at radius 2 is 1.74 bits per heavy atom. The van der Waals surface area contributed by atoms with Crippen molar-refractivity contribution in [1.29, 1.82) is 0 Å². The Morgan fingerprint density at radius 3 is 2.37 bits per heavy atom. The Bertz CT molecular complexity index is 489. The molecule has 2 atom stereocenters. The molecule has 19 heavy (non-hydrogen) atoms. The number of nitrogens with zero attached hydrogens (tertiary/aromatic N) is 1. The first kappa shape index (κ1) is 11.7. The van der Waals surface area contributed by atoms with Crippen molar-refractivity contribution >= 4 is 5.71 Å². The quantitative estimate of drug-likeness (QED) is 0.865. The number of aliphatic hydroxyl groups is 1. The lowest BCUT2D eigenvalue weighted by Gasteiger charge is -2.54. The van der Waals surface area contributed by atoms with Crippen molar-refractivity contribution in [3.8, 4) is 0 Å². The average molecular weight is 255 g/mol.